The van der Waals surface area contributed by atoms with Gasteiger partial charge in [0.25, 0.3) is 0 Å². The maximum atomic E-state index is 12.2. The van der Waals surface area contributed by atoms with Gasteiger partial charge in [0.1, 0.15) is 13.2 Å². The third kappa shape index (κ3) is 22.0. The first kappa shape index (κ1) is 34.7. The van der Waals surface area contributed by atoms with E-state index in [4.69, 9.17) is 9.05 Å². The molecular formula is C27H52N2O6P+. The number of aliphatic hydroxyl groups is 1. The van der Waals surface area contributed by atoms with Crippen molar-refractivity contribution >= 4 is 13.7 Å². The molecule has 0 saturated heterocycles. The van der Waals surface area contributed by atoms with Crippen LogP contribution in [0.25, 0.3) is 0 Å². The maximum Gasteiger partial charge on any atom is 0.472 e. The molecule has 1 amide bonds. The summed E-state index contributed by atoms with van der Waals surface area (Å²) in [7, 11) is 1.53. The minimum absolute atomic E-state index is 0.0502. The lowest BCUT2D eigenvalue weighted by Crippen LogP contribution is -2.45. The molecule has 9 heteroatoms. The number of hydrogen-bond acceptors (Lipinski definition) is 5. The number of allylic oxidation sites excluding steroid dienone is 5. The molecule has 0 aromatic rings. The van der Waals surface area contributed by atoms with Crippen LogP contribution in [0.1, 0.15) is 78.1 Å². The van der Waals surface area contributed by atoms with E-state index < -0.39 is 20.0 Å². The number of amides is 1. The number of rotatable bonds is 22. The molecule has 0 fully saturated rings. The smallest absolute Gasteiger partial charge is 0.387 e. The average molecular weight is 532 g/mol. The van der Waals surface area contributed by atoms with Crippen LogP contribution in [0.2, 0.25) is 0 Å². The molecule has 0 aliphatic rings. The second-order valence-electron chi connectivity index (χ2n) is 10.0. The van der Waals surface area contributed by atoms with Crippen molar-refractivity contribution in [1.29, 1.82) is 0 Å². The largest absolute Gasteiger partial charge is 0.472 e. The highest BCUT2D eigenvalue weighted by Crippen LogP contribution is 2.43. The molecule has 8 nitrogen and oxygen atoms in total. The van der Waals surface area contributed by atoms with E-state index in [0.717, 1.165) is 25.7 Å². The van der Waals surface area contributed by atoms with E-state index in [9.17, 15) is 19.4 Å². The van der Waals surface area contributed by atoms with Gasteiger partial charge in [-0.05, 0) is 38.5 Å². The zero-order chi connectivity index (χ0) is 27.3. The first-order valence-electron chi connectivity index (χ1n) is 13.4. The maximum absolute atomic E-state index is 12.2. The predicted octanol–water partition coefficient (Wildman–Crippen LogP) is 5.28. The van der Waals surface area contributed by atoms with Crippen molar-refractivity contribution in [3.63, 3.8) is 0 Å². The molecule has 0 radical (unpaired) electrons. The summed E-state index contributed by atoms with van der Waals surface area (Å²) in [6.07, 6.45) is 21.4. The van der Waals surface area contributed by atoms with Gasteiger partial charge in [0.05, 0.1) is 39.9 Å². The number of phosphoric ester groups is 1. The van der Waals surface area contributed by atoms with Gasteiger partial charge in [-0.2, -0.15) is 0 Å². The van der Waals surface area contributed by atoms with Crippen molar-refractivity contribution < 1.29 is 32.9 Å². The van der Waals surface area contributed by atoms with Crippen molar-refractivity contribution in [2.45, 2.75) is 90.2 Å². The number of nitrogens with zero attached hydrogens (tertiary/aromatic N) is 1. The SMILES string of the molecule is CCCCCC/C=C/CC/C=C/CC/C=C/C(O)C(COP(=O)(O)OCC[N+](C)(C)C)NC(=O)CC. The highest BCUT2D eigenvalue weighted by molar-refractivity contribution is 7.47. The van der Waals surface area contributed by atoms with E-state index in [-0.39, 0.29) is 25.5 Å². The third-order valence-corrected chi connectivity index (χ3v) is 6.39. The summed E-state index contributed by atoms with van der Waals surface area (Å²) in [5, 5.41) is 13.1. The van der Waals surface area contributed by atoms with Gasteiger partial charge in [0, 0.05) is 6.42 Å². The monoisotopic (exact) mass is 531 g/mol. The van der Waals surface area contributed by atoms with Gasteiger partial charge < -0.3 is 19.8 Å². The van der Waals surface area contributed by atoms with Gasteiger partial charge >= 0.3 is 7.82 Å². The van der Waals surface area contributed by atoms with Crippen LogP contribution in [0.5, 0.6) is 0 Å². The first-order chi connectivity index (χ1) is 17.0. The molecule has 0 aliphatic heterocycles. The zero-order valence-electron chi connectivity index (χ0n) is 23.2. The van der Waals surface area contributed by atoms with Crippen LogP contribution in [-0.4, -0.2) is 73.4 Å². The third-order valence-electron chi connectivity index (χ3n) is 5.40. The van der Waals surface area contributed by atoms with Crippen LogP contribution in [0.4, 0.5) is 0 Å². The molecule has 3 atom stereocenters. The lowest BCUT2D eigenvalue weighted by molar-refractivity contribution is -0.870. The number of unbranched alkanes of at least 4 members (excludes halogenated alkanes) is 6. The summed E-state index contributed by atoms with van der Waals surface area (Å²) in [5.41, 5.74) is 0. The minimum Gasteiger partial charge on any atom is -0.387 e. The topological polar surface area (TPSA) is 105 Å². The number of nitrogens with one attached hydrogen (secondary N) is 1. The van der Waals surface area contributed by atoms with E-state index in [2.05, 4.69) is 36.5 Å². The summed E-state index contributed by atoms with van der Waals surface area (Å²) in [4.78, 5) is 21.8. The molecule has 0 aliphatic carbocycles. The molecule has 0 aromatic heterocycles. The number of quaternary nitrogens is 1. The van der Waals surface area contributed by atoms with Crippen LogP contribution in [-0.2, 0) is 18.4 Å². The Labute approximate surface area is 219 Å². The summed E-state index contributed by atoms with van der Waals surface area (Å²) < 4.78 is 22.8. The molecule has 3 unspecified atom stereocenters. The van der Waals surface area contributed by atoms with Gasteiger partial charge in [0.2, 0.25) is 5.91 Å². The van der Waals surface area contributed by atoms with E-state index >= 15 is 0 Å². The fraction of sp³-hybridized carbons (Fsp3) is 0.741. The molecule has 0 heterocycles. The van der Waals surface area contributed by atoms with Gasteiger partial charge in [-0.3, -0.25) is 13.8 Å². The summed E-state index contributed by atoms with van der Waals surface area (Å²) >= 11 is 0. The lowest BCUT2D eigenvalue weighted by Gasteiger charge is -2.25. The van der Waals surface area contributed by atoms with Crippen LogP contribution in [0.3, 0.4) is 0 Å². The van der Waals surface area contributed by atoms with Crippen molar-refractivity contribution in [3.8, 4) is 0 Å². The van der Waals surface area contributed by atoms with Gasteiger partial charge in [-0.1, -0.05) is 69.6 Å². The summed E-state index contributed by atoms with van der Waals surface area (Å²) in [6, 6.07) is -0.861. The Hall–Kier alpha value is -1.28. The Balaban J connectivity index is 4.40. The van der Waals surface area contributed by atoms with Crippen molar-refractivity contribution in [3.05, 3.63) is 36.5 Å². The number of likely N-dealkylation sites (N-methyl/N-ethyl adjacent to an activating group) is 1. The molecule has 0 aromatic carbocycles. The van der Waals surface area contributed by atoms with Crippen LogP contribution in [0, 0.1) is 0 Å². The predicted molar refractivity (Wildman–Crippen MR) is 148 cm³/mol. The van der Waals surface area contributed by atoms with Crippen LogP contribution < -0.4 is 5.32 Å². The van der Waals surface area contributed by atoms with Gasteiger partial charge in [-0.25, -0.2) is 4.57 Å². The van der Waals surface area contributed by atoms with E-state index in [0.29, 0.717) is 11.0 Å². The Bertz CT molecular complexity index is 703. The van der Waals surface area contributed by atoms with Crippen molar-refractivity contribution in [2.75, 3.05) is 40.9 Å². The standard InChI is InChI=1S/C27H51N2O6P/c1-6-8-9-10-11-12-13-14-15-16-17-18-19-20-21-26(30)25(28-27(31)7-2)24-35-36(32,33)34-23-22-29(3,4)5/h12-13,16-17,20-21,25-26,30H,6-11,14-15,18-19,22-24H2,1-5H3,(H-,28,31,32,33)/p+1/b13-12+,17-16+,21-20+. The highest BCUT2D eigenvalue weighted by Gasteiger charge is 2.27. The molecule has 0 rings (SSSR count). The highest BCUT2D eigenvalue weighted by atomic mass is 31.2. The van der Waals surface area contributed by atoms with Crippen LogP contribution >= 0.6 is 7.82 Å². The molecule has 210 valence electrons. The quantitative estimate of drug-likeness (QED) is 0.0760. The molecule has 0 spiro atoms. The molecule has 3 N–H and O–H groups in total. The number of carbonyl (C=O) groups is 1. The Morgan fingerprint density at radius 1 is 0.917 bits per heavy atom. The minimum atomic E-state index is -4.30. The molecular weight excluding hydrogens is 479 g/mol. The average Bonchev–Trinajstić information content (AvgIpc) is 2.80. The first-order valence-corrected chi connectivity index (χ1v) is 14.9. The normalized spacial score (nSPS) is 16.1. The van der Waals surface area contributed by atoms with E-state index in [1.807, 2.05) is 27.2 Å². The second kappa shape index (κ2) is 20.7. The molecule has 36 heavy (non-hydrogen) atoms. The van der Waals surface area contributed by atoms with E-state index in [1.165, 1.54) is 32.1 Å². The molecule has 0 bridgehead atoms. The molecule has 0 saturated carbocycles. The van der Waals surface area contributed by atoms with E-state index in [1.54, 1.807) is 13.0 Å². The Kier molecular flexibility index (Phi) is 20.0. The number of hydrogen-bond donors (Lipinski definition) is 3. The van der Waals surface area contributed by atoms with Crippen LogP contribution in [0.15, 0.2) is 36.5 Å². The Morgan fingerprint density at radius 3 is 2.06 bits per heavy atom. The van der Waals surface area contributed by atoms with Crippen molar-refractivity contribution in [2.24, 2.45) is 0 Å². The zero-order valence-corrected chi connectivity index (χ0v) is 24.1. The number of aliphatic hydroxyl groups excluding tert-OH is 1. The van der Waals surface area contributed by atoms with Gasteiger partial charge in [-0.15, -0.1) is 0 Å². The fourth-order valence-corrected chi connectivity index (χ4v) is 3.83. The summed E-state index contributed by atoms with van der Waals surface area (Å²) in [6.45, 7) is 4.15. The second-order valence-corrected chi connectivity index (χ2v) is 11.5. The fourth-order valence-electron chi connectivity index (χ4n) is 3.09. The van der Waals surface area contributed by atoms with Gasteiger partial charge in [0.15, 0.2) is 0 Å². The lowest BCUT2D eigenvalue weighted by atomic mass is 10.1. The number of phosphoric acid groups is 1. The van der Waals surface area contributed by atoms with Crippen molar-refractivity contribution in [1.82, 2.24) is 5.32 Å². The Morgan fingerprint density at radius 2 is 1.50 bits per heavy atom. The number of carbonyl (C=O) groups excluding carboxylic acids is 1. The summed E-state index contributed by atoms with van der Waals surface area (Å²) in [5.74, 6) is -0.285.